The molecule has 0 bridgehead atoms. The molecule has 260 valence electrons. The molecule has 0 radical (unpaired) electrons. The van der Waals surface area contributed by atoms with Crippen LogP contribution < -0.4 is 108 Å². The van der Waals surface area contributed by atoms with Crippen LogP contribution in [0.4, 0.5) is 5.82 Å². The summed E-state index contributed by atoms with van der Waals surface area (Å²) in [6.07, 6.45) is 5.12. The third kappa shape index (κ3) is 15.8. The third-order valence-electron chi connectivity index (χ3n) is 8.39. The number of nitrogens with one attached hydrogen (secondary N) is 1. The van der Waals surface area contributed by atoms with E-state index in [2.05, 4.69) is 31.6 Å². The molecule has 2 aliphatic rings. The van der Waals surface area contributed by atoms with Crippen LogP contribution in [-0.2, 0) is 29.8 Å². The van der Waals surface area contributed by atoms with Gasteiger partial charge >= 0.3 is 103 Å². The second-order valence-electron chi connectivity index (χ2n) is 11.8. The second kappa shape index (κ2) is 22.5. The van der Waals surface area contributed by atoms with Crippen LogP contribution in [0, 0.1) is 11.3 Å². The molecule has 1 amide bonds. The quantitative estimate of drug-likeness (QED) is 0.0576. The van der Waals surface area contributed by atoms with E-state index in [4.69, 9.17) is 27.9 Å². The Morgan fingerprint density at radius 2 is 1.62 bits per heavy atom. The van der Waals surface area contributed by atoms with Crippen LogP contribution >= 0.6 is 23.2 Å². The van der Waals surface area contributed by atoms with Crippen LogP contribution in [0.25, 0.3) is 0 Å². The molecule has 5 atom stereocenters. The Morgan fingerprint density at radius 3 is 2.10 bits per heavy atom. The van der Waals surface area contributed by atoms with Crippen molar-refractivity contribution in [2.75, 3.05) is 31.7 Å². The van der Waals surface area contributed by atoms with Crippen molar-refractivity contribution in [2.45, 2.75) is 106 Å². The maximum Gasteiger partial charge on any atom is 1.00 e. The monoisotopic (exact) mass is 803 g/mol. The predicted molar refractivity (Wildman–Crippen MR) is 168 cm³/mol. The summed E-state index contributed by atoms with van der Waals surface area (Å²) in [6.45, 7) is 2.28. The van der Waals surface area contributed by atoms with Crippen LogP contribution in [0.15, 0.2) is 16.4 Å². The minimum atomic E-state index is -4.35. The molecule has 0 aromatic carbocycles. The molecular weight excluding hydrogens is 764 g/mol. The molecule has 1 aromatic rings. The normalized spacial score (nSPS) is 26.4. The molecule has 2 aliphatic carbocycles. The molecule has 1 aromatic heterocycles. The van der Waals surface area contributed by atoms with Crippen molar-refractivity contribution in [1.82, 2.24) is 20.0 Å². The van der Waals surface area contributed by atoms with E-state index in [1.165, 1.54) is 17.8 Å². The number of ether oxygens (including phenoxy) is 1. The first kappa shape index (κ1) is 47.4. The molecule has 2 saturated carbocycles. The number of amides is 1. The zero-order valence-electron chi connectivity index (χ0n) is 27.8. The molecule has 48 heavy (non-hydrogen) atoms. The minimum Gasteiger partial charge on any atom is -0.748 e. The van der Waals surface area contributed by atoms with Gasteiger partial charge in [0.15, 0.2) is 5.82 Å². The fraction of sp³-hybridized carbons (Fsp3) is 0.815. The van der Waals surface area contributed by atoms with Gasteiger partial charge in [-0.25, -0.2) is 21.5 Å². The Hall–Kier alpha value is 1.36. The first-order chi connectivity index (χ1) is 21.6. The van der Waals surface area contributed by atoms with Gasteiger partial charge in [0.2, 0.25) is 5.91 Å². The van der Waals surface area contributed by atoms with Gasteiger partial charge in [-0.1, -0.05) is 0 Å². The topological polar surface area (TPSA) is 222 Å². The summed E-state index contributed by atoms with van der Waals surface area (Å²) in [7, 11) is -7.10. The molecule has 1 heterocycles. The molecule has 2 fully saturated rings. The minimum absolute atomic E-state index is 0. The number of rotatable bonds is 16. The van der Waals surface area contributed by atoms with E-state index >= 15 is 0 Å². The van der Waals surface area contributed by atoms with Crippen molar-refractivity contribution < 1.29 is 138 Å². The Balaban J connectivity index is 0.00000576. The van der Waals surface area contributed by atoms with Crippen molar-refractivity contribution in [2.24, 2.45) is 10.2 Å². The average Bonchev–Trinajstić information content (AvgIpc) is 3.36. The summed E-state index contributed by atoms with van der Waals surface area (Å²) in [5.74, 6) is -1.03. The third-order valence-corrected chi connectivity index (χ3v) is 10.8. The SMILES string of the molecule is COC1CC(Cl)C(n2ncc(C#N)c2N=NC2CCC(N(CCCCS(=O)(=O)[O-])CCCCS(=O)(=O)[O-])CC2NC(C)=O)C(Cl)C1.[K+].[K+]. The van der Waals surface area contributed by atoms with Gasteiger partial charge in [-0.3, -0.25) is 4.79 Å². The number of hydrogen-bond acceptors (Lipinski definition) is 13. The molecule has 3 rings (SSSR count). The molecule has 0 spiro atoms. The Bertz CT molecular complexity index is 1410. The molecule has 15 nitrogen and oxygen atoms in total. The van der Waals surface area contributed by atoms with Crippen LogP contribution in [0.3, 0.4) is 0 Å². The summed E-state index contributed by atoms with van der Waals surface area (Å²) in [5.41, 5.74) is 0.196. The number of carbonyl (C=O) groups excluding carboxylic acids is 1. The summed E-state index contributed by atoms with van der Waals surface area (Å²) in [4.78, 5) is 14.3. The van der Waals surface area contributed by atoms with Gasteiger partial charge in [0, 0.05) is 31.6 Å². The first-order valence-corrected chi connectivity index (χ1v) is 19.2. The number of nitriles is 1. The molecular formula is C27H41Cl2K2N7O8S2. The van der Waals surface area contributed by atoms with Gasteiger partial charge in [-0.05, 0) is 70.9 Å². The van der Waals surface area contributed by atoms with Crippen LogP contribution in [0.1, 0.15) is 76.3 Å². The van der Waals surface area contributed by atoms with E-state index in [0.29, 0.717) is 58.0 Å². The number of hydrogen-bond donors (Lipinski definition) is 1. The standard InChI is InChI=1S/C27H43Cl2N7O8S2.2K/c1-18(37)32-25-13-20(35(9-3-5-11-45(38,39)40)10-4-6-12-46(41,42)43)7-8-24(25)33-34-27-19(16-30)17-31-36(27)26-22(28)14-21(44-2)15-23(26)29;;/h17,20-26H,3-15H2,1-2H3,(H,32,37)(H,38,39,40)(H,41,42,43);;/q;2*+1/p-2. The van der Waals surface area contributed by atoms with Crippen LogP contribution in [0.5, 0.6) is 0 Å². The van der Waals surface area contributed by atoms with Crippen LogP contribution in [0.2, 0.25) is 0 Å². The second-order valence-corrected chi connectivity index (χ2v) is 16.0. The number of carbonyl (C=O) groups is 1. The summed E-state index contributed by atoms with van der Waals surface area (Å²) >= 11 is 13.4. The van der Waals surface area contributed by atoms with Gasteiger partial charge in [0.25, 0.3) is 0 Å². The first-order valence-electron chi connectivity index (χ1n) is 15.2. The summed E-state index contributed by atoms with van der Waals surface area (Å²) < 4.78 is 73.4. The van der Waals surface area contributed by atoms with Crippen molar-refractivity contribution >= 4 is 55.2 Å². The summed E-state index contributed by atoms with van der Waals surface area (Å²) in [6, 6.07) is 0.655. The Morgan fingerprint density at radius 1 is 1.06 bits per heavy atom. The van der Waals surface area contributed by atoms with E-state index in [-0.39, 0.29) is 145 Å². The van der Waals surface area contributed by atoms with E-state index in [1.807, 2.05) is 0 Å². The zero-order chi connectivity index (χ0) is 34.1. The van der Waals surface area contributed by atoms with E-state index in [1.54, 1.807) is 7.11 Å². The van der Waals surface area contributed by atoms with E-state index in [9.17, 15) is 36.0 Å². The predicted octanol–water partition coefficient (Wildman–Crippen LogP) is -3.21. The zero-order valence-corrected chi connectivity index (χ0v) is 37.2. The van der Waals surface area contributed by atoms with Gasteiger partial charge in [0.05, 0.1) is 61.4 Å². The number of azo groups is 1. The number of halogens is 2. The van der Waals surface area contributed by atoms with Gasteiger partial charge in [0.1, 0.15) is 11.6 Å². The van der Waals surface area contributed by atoms with Crippen LogP contribution in [-0.4, -0.2) is 113 Å². The number of alkyl halides is 2. The maximum atomic E-state index is 12.2. The van der Waals surface area contributed by atoms with Crippen molar-refractivity contribution in [3.05, 3.63) is 11.8 Å². The molecule has 1 N–H and O–H groups in total. The molecule has 0 aliphatic heterocycles. The Labute approximate surface area is 378 Å². The molecule has 21 heteroatoms. The number of methoxy groups -OCH3 is 1. The largest absolute Gasteiger partial charge is 1.00 e. The fourth-order valence-corrected chi connectivity index (χ4v) is 8.32. The van der Waals surface area contributed by atoms with E-state index in [0.717, 1.165) is 0 Å². The maximum absolute atomic E-state index is 12.2. The van der Waals surface area contributed by atoms with Gasteiger partial charge in [-0.2, -0.15) is 15.5 Å². The molecule has 0 saturated heterocycles. The average molecular weight is 805 g/mol. The summed E-state index contributed by atoms with van der Waals surface area (Å²) in [5, 5.41) is 25.2. The number of unbranched alkanes of at least 4 members (excludes halogenated alkanes) is 2. The number of aromatic nitrogens is 2. The van der Waals surface area contributed by atoms with Gasteiger partial charge in [-0.15, -0.1) is 28.3 Å². The Kier molecular flexibility index (Phi) is 22.3. The smallest absolute Gasteiger partial charge is 0.748 e. The van der Waals surface area contributed by atoms with Crippen molar-refractivity contribution in [1.29, 1.82) is 5.26 Å². The number of nitrogens with zero attached hydrogens (tertiary/aromatic N) is 6. The van der Waals surface area contributed by atoms with Gasteiger partial charge < -0.3 is 24.1 Å². The van der Waals surface area contributed by atoms with Crippen molar-refractivity contribution in [3.63, 3.8) is 0 Å². The fourth-order valence-electron chi connectivity index (χ4n) is 6.17. The van der Waals surface area contributed by atoms with Crippen molar-refractivity contribution in [3.8, 4) is 6.07 Å². The molecule has 5 unspecified atom stereocenters. The van der Waals surface area contributed by atoms with E-state index < -0.39 is 60.6 Å².